The lowest BCUT2D eigenvalue weighted by atomic mass is 10.00. The molecule has 1 fully saturated rings. The van der Waals surface area contributed by atoms with Crippen molar-refractivity contribution in [1.82, 2.24) is 10.2 Å². The molecule has 0 aliphatic carbocycles. The Morgan fingerprint density at radius 2 is 2.06 bits per heavy atom. The van der Waals surface area contributed by atoms with Crippen LogP contribution in [0.2, 0.25) is 0 Å². The van der Waals surface area contributed by atoms with E-state index in [0.29, 0.717) is 6.42 Å². The van der Waals surface area contributed by atoms with Crippen LogP contribution in [0.5, 0.6) is 0 Å². The molecule has 1 aliphatic rings. The van der Waals surface area contributed by atoms with Crippen LogP contribution < -0.4 is 5.32 Å². The Bertz CT molecular complexity index is 332. The number of amides is 2. The normalized spacial score (nSPS) is 24.8. The van der Waals surface area contributed by atoms with E-state index < -0.39 is 30.3 Å². The lowest BCUT2D eigenvalue weighted by molar-refractivity contribution is -0.147. The van der Waals surface area contributed by atoms with Gasteiger partial charge in [0, 0.05) is 6.54 Å². The standard InChI is InChI=1S/C9H13F3N2O3/c1-8(6(15)16)3-2-4-14(8)7(17)13-5-9(10,11)12/h2-5H2,1H3,(H,13,17)(H,15,16). The van der Waals surface area contributed by atoms with E-state index in [2.05, 4.69) is 0 Å². The highest BCUT2D eigenvalue weighted by Gasteiger charge is 2.46. The van der Waals surface area contributed by atoms with Gasteiger partial charge in [-0.25, -0.2) is 9.59 Å². The van der Waals surface area contributed by atoms with Gasteiger partial charge in [0.1, 0.15) is 12.1 Å². The molecule has 1 aliphatic heterocycles. The van der Waals surface area contributed by atoms with E-state index >= 15 is 0 Å². The van der Waals surface area contributed by atoms with Gasteiger partial charge in [0.25, 0.3) is 0 Å². The summed E-state index contributed by atoms with van der Waals surface area (Å²) in [5.41, 5.74) is -1.42. The zero-order valence-corrected chi connectivity index (χ0v) is 9.17. The zero-order chi connectivity index (χ0) is 13.3. The van der Waals surface area contributed by atoms with Gasteiger partial charge in [0.15, 0.2) is 0 Å². The predicted molar refractivity (Wildman–Crippen MR) is 51.4 cm³/mol. The zero-order valence-electron chi connectivity index (χ0n) is 9.17. The van der Waals surface area contributed by atoms with Crippen LogP contribution >= 0.6 is 0 Å². The Balaban J connectivity index is 2.66. The molecule has 0 spiro atoms. The third-order valence-electron chi connectivity index (χ3n) is 2.79. The van der Waals surface area contributed by atoms with E-state index in [1.165, 1.54) is 6.92 Å². The number of likely N-dealkylation sites (tertiary alicyclic amines) is 1. The van der Waals surface area contributed by atoms with E-state index in [0.717, 1.165) is 4.90 Å². The number of hydrogen-bond donors (Lipinski definition) is 2. The van der Waals surface area contributed by atoms with Gasteiger partial charge in [0.05, 0.1) is 0 Å². The van der Waals surface area contributed by atoms with Gasteiger partial charge in [-0.05, 0) is 19.8 Å². The van der Waals surface area contributed by atoms with Gasteiger partial charge in [0.2, 0.25) is 0 Å². The third kappa shape index (κ3) is 3.01. The average molecular weight is 254 g/mol. The topological polar surface area (TPSA) is 69.6 Å². The van der Waals surface area contributed by atoms with Crippen molar-refractivity contribution in [2.24, 2.45) is 0 Å². The summed E-state index contributed by atoms with van der Waals surface area (Å²) < 4.78 is 35.7. The minimum atomic E-state index is -4.50. The smallest absolute Gasteiger partial charge is 0.405 e. The third-order valence-corrected chi connectivity index (χ3v) is 2.79. The van der Waals surface area contributed by atoms with Crippen LogP contribution in [0.3, 0.4) is 0 Å². The number of carbonyl (C=O) groups excluding carboxylic acids is 1. The van der Waals surface area contributed by atoms with Crippen molar-refractivity contribution in [1.29, 1.82) is 0 Å². The van der Waals surface area contributed by atoms with Crippen LogP contribution in [0.15, 0.2) is 0 Å². The SMILES string of the molecule is CC1(C(=O)O)CCCN1C(=O)NCC(F)(F)F. The highest BCUT2D eigenvalue weighted by molar-refractivity contribution is 5.86. The Labute approximate surface area is 95.6 Å². The van der Waals surface area contributed by atoms with Crippen LogP contribution in [0.4, 0.5) is 18.0 Å². The fraction of sp³-hybridized carbons (Fsp3) is 0.778. The molecule has 5 nitrogen and oxygen atoms in total. The predicted octanol–water partition coefficient (Wildman–Crippen LogP) is 1.20. The number of carboxylic acids is 1. The maximum absolute atomic E-state index is 11.9. The van der Waals surface area contributed by atoms with E-state index in [-0.39, 0.29) is 13.0 Å². The number of nitrogens with zero attached hydrogens (tertiary/aromatic N) is 1. The van der Waals surface area contributed by atoms with Crippen molar-refractivity contribution >= 4 is 12.0 Å². The monoisotopic (exact) mass is 254 g/mol. The summed E-state index contributed by atoms with van der Waals surface area (Å²) in [6.45, 7) is 0.0139. The van der Waals surface area contributed by atoms with Crippen LogP contribution in [-0.2, 0) is 4.79 Å². The van der Waals surface area contributed by atoms with Crippen molar-refractivity contribution < 1.29 is 27.9 Å². The largest absolute Gasteiger partial charge is 0.480 e. The van der Waals surface area contributed by atoms with Gasteiger partial charge in [-0.2, -0.15) is 13.2 Å². The summed E-state index contributed by atoms with van der Waals surface area (Å²) in [4.78, 5) is 23.4. The molecule has 1 unspecified atom stereocenters. The molecular weight excluding hydrogens is 241 g/mol. The molecule has 8 heteroatoms. The minimum Gasteiger partial charge on any atom is -0.480 e. The maximum Gasteiger partial charge on any atom is 0.405 e. The van der Waals surface area contributed by atoms with Crippen LogP contribution in [0.1, 0.15) is 19.8 Å². The van der Waals surface area contributed by atoms with E-state index in [1.54, 1.807) is 5.32 Å². The Morgan fingerprint density at radius 3 is 2.53 bits per heavy atom. The molecular formula is C9H13F3N2O3. The lowest BCUT2D eigenvalue weighted by Crippen LogP contribution is -2.55. The molecule has 1 saturated heterocycles. The number of alkyl halides is 3. The van der Waals surface area contributed by atoms with E-state index in [9.17, 15) is 22.8 Å². The summed E-state index contributed by atoms with van der Waals surface area (Å²) in [7, 11) is 0. The molecule has 0 aromatic rings. The molecule has 1 heterocycles. The highest BCUT2D eigenvalue weighted by Crippen LogP contribution is 2.29. The van der Waals surface area contributed by atoms with Crippen LogP contribution in [0.25, 0.3) is 0 Å². The van der Waals surface area contributed by atoms with Crippen molar-refractivity contribution in [2.75, 3.05) is 13.1 Å². The molecule has 2 amide bonds. The molecule has 0 saturated carbocycles. The fourth-order valence-electron chi connectivity index (χ4n) is 1.78. The average Bonchev–Trinajstić information content (AvgIpc) is 2.57. The minimum absolute atomic E-state index is 0.145. The number of hydrogen-bond acceptors (Lipinski definition) is 2. The van der Waals surface area contributed by atoms with Crippen molar-refractivity contribution in [3.63, 3.8) is 0 Å². The van der Waals surface area contributed by atoms with Gasteiger partial charge in [-0.3, -0.25) is 0 Å². The summed E-state index contributed by atoms with van der Waals surface area (Å²) in [6, 6.07) is -0.996. The lowest BCUT2D eigenvalue weighted by Gasteiger charge is -2.31. The first-order valence-electron chi connectivity index (χ1n) is 5.02. The summed E-state index contributed by atoms with van der Waals surface area (Å²) in [5, 5.41) is 10.6. The Hall–Kier alpha value is -1.47. The maximum atomic E-state index is 11.9. The first-order chi connectivity index (χ1) is 7.67. The number of rotatable bonds is 2. The number of carboxylic acid groups (broad SMARTS) is 1. The number of urea groups is 1. The summed E-state index contributed by atoms with van der Waals surface area (Å²) in [6.07, 6.45) is -3.81. The van der Waals surface area contributed by atoms with Gasteiger partial charge >= 0.3 is 18.2 Å². The number of halogens is 3. The Morgan fingerprint density at radius 1 is 1.47 bits per heavy atom. The number of carbonyl (C=O) groups is 2. The molecule has 0 aromatic carbocycles. The first-order valence-corrected chi connectivity index (χ1v) is 5.02. The fourth-order valence-corrected chi connectivity index (χ4v) is 1.78. The van der Waals surface area contributed by atoms with Crippen molar-refractivity contribution in [2.45, 2.75) is 31.5 Å². The summed E-state index contributed by atoms with van der Waals surface area (Å²) in [5.74, 6) is -1.21. The molecule has 0 aromatic heterocycles. The van der Waals surface area contributed by atoms with Gasteiger partial charge < -0.3 is 15.3 Å². The quantitative estimate of drug-likeness (QED) is 0.777. The highest BCUT2D eigenvalue weighted by atomic mass is 19.4. The van der Waals surface area contributed by atoms with E-state index in [1.807, 2.05) is 0 Å². The molecule has 17 heavy (non-hydrogen) atoms. The van der Waals surface area contributed by atoms with Crippen LogP contribution in [-0.4, -0.2) is 46.8 Å². The van der Waals surface area contributed by atoms with E-state index in [4.69, 9.17) is 5.11 Å². The molecule has 0 radical (unpaired) electrons. The second kappa shape index (κ2) is 4.42. The number of nitrogens with one attached hydrogen (secondary N) is 1. The van der Waals surface area contributed by atoms with Crippen LogP contribution in [0, 0.1) is 0 Å². The molecule has 0 bridgehead atoms. The molecule has 1 rings (SSSR count). The van der Waals surface area contributed by atoms with Crippen molar-refractivity contribution in [3.8, 4) is 0 Å². The summed E-state index contributed by atoms with van der Waals surface area (Å²) >= 11 is 0. The van der Waals surface area contributed by atoms with Gasteiger partial charge in [-0.15, -0.1) is 0 Å². The number of aliphatic carboxylic acids is 1. The first kappa shape index (κ1) is 13.6. The molecule has 1 atom stereocenters. The second-order valence-corrected chi connectivity index (χ2v) is 4.11. The molecule has 2 N–H and O–H groups in total. The molecule has 98 valence electrons. The van der Waals surface area contributed by atoms with Gasteiger partial charge in [-0.1, -0.05) is 0 Å². The Kier molecular flexibility index (Phi) is 3.53. The van der Waals surface area contributed by atoms with Crippen molar-refractivity contribution in [3.05, 3.63) is 0 Å². The second-order valence-electron chi connectivity index (χ2n) is 4.11.